The Labute approximate surface area is 127 Å². The number of aromatic nitrogens is 1. The van der Waals surface area contributed by atoms with Gasteiger partial charge in [0, 0.05) is 23.1 Å². The summed E-state index contributed by atoms with van der Waals surface area (Å²) in [7, 11) is 0. The third-order valence-corrected chi connectivity index (χ3v) is 5.01. The number of aliphatic hydroxyl groups excluding tert-OH is 2. The zero-order valence-corrected chi connectivity index (χ0v) is 12.0. The number of fused-ring (bicyclic) bond motifs is 5. The first kappa shape index (κ1) is 13.8. The predicted molar refractivity (Wildman–Crippen MR) is 79.1 cm³/mol. The second-order valence-electron chi connectivity index (χ2n) is 6.17. The van der Waals surface area contributed by atoms with Gasteiger partial charge in [0.1, 0.15) is 17.7 Å². The molecular weight excluding hydrogens is 284 g/mol. The first-order valence-corrected chi connectivity index (χ1v) is 7.46. The van der Waals surface area contributed by atoms with Crippen LogP contribution in [0.2, 0.25) is 0 Å². The van der Waals surface area contributed by atoms with Crippen molar-refractivity contribution in [2.75, 3.05) is 13.2 Å². The van der Waals surface area contributed by atoms with E-state index < -0.39 is 24.4 Å². The smallest absolute Gasteiger partial charge is 0.226 e. The normalized spacial score (nSPS) is 28.8. The Morgan fingerprint density at radius 2 is 2.18 bits per heavy atom. The maximum atomic E-state index is 12.2. The van der Waals surface area contributed by atoms with E-state index in [9.17, 15) is 20.1 Å². The minimum atomic E-state index is -1.66. The van der Waals surface area contributed by atoms with Crippen molar-refractivity contribution >= 4 is 16.8 Å². The molecule has 116 valence electrons. The van der Waals surface area contributed by atoms with Crippen molar-refractivity contribution in [1.82, 2.24) is 9.88 Å². The van der Waals surface area contributed by atoms with Gasteiger partial charge >= 0.3 is 0 Å². The van der Waals surface area contributed by atoms with Crippen molar-refractivity contribution in [2.24, 2.45) is 0 Å². The number of carbonyl (C=O) groups is 1. The molecule has 1 aromatic carbocycles. The molecule has 2 aliphatic heterocycles. The largest absolute Gasteiger partial charge is 0.394 e. The van der Waals surface area contributed by atoms with E-state index in [0.29, 0.717) is 13.0 Å². The third-order valence-electron chi connectivity index (χ3n) is 5.01. The number of rotatable bonds is 2. The SMILES string of the molecule is O=C1C[C@](O)([C@H](O)CO)[C@H]2c3[nH]c4ccccc4c3CCN12. The molecule has 2 aliphatic rings. The highest BCUT2D eigenvalue weighted by Gasteiger charge is 2.57. The molecule has 0 aliphatic carbocycles. The van der Waals surface area contributed by atoms with E-state index in [0.717, 1.165) is 22.2 Å². The average Bonchev–Trinajstić information content (AvgIpc) is 3.02. The van der Waals surface area contributed by atoms with E-state index in [2.05, 4.69) is 4.98 Å². The number of nitrogens with zero attached hydrogens (tertiary/aromatic N) is 1. The van der Waals surface area contributed by atoms with Gasteiger partial charge in [-0.05, 0) is 18.1 Å². The Hall–Kier alpha value is -1.89. The zero-order valence-electron chi connectivity index (χ0n) is 12.0. The third kappa shape index (κ3) is 1.63. The molecule has 2 aromatic rings. The van der Waals surface area contributed by atoms with E-state index in [4.69, 9.17) is 0 Å². The number of H-pyrrole nitrogens is 1. The summed E-state index contributed by atoms with van der Waals surface area (Å²) in [6, 6.07) is 7.21. The van der Waals surface area contributed by atoms with Gasteiger partial charge in [-0.25, -0.2) is 0 Å². The summed E-state index contributed by atoms with van der Waals surface area (Å²) in [5, 5.41) is 31.3. The second-order valence-corrected chi connectivity index (χ2v) is 6.17. The predicted octanol–water partition coefficient (Wildman–Crippen LogP) is 0.0817. The minimum Gasteiger partial charge on any atom is -0.394 e. The van der Waals surface area contributed by atoms with Crippen LogP contribution in [0, 0.1) is 0 Å². The van der Waals surface area contributed by atoms with Gasteiger partial charge in [-0.1, -0.05) is 18.2 Å². The van der Waals surface area contributed by atoms with Gasteiger partial charge in [0.05, 0.1) is 13.0 Å². The lowest BCUT2D eigenvalue weighted by Gasteiger charge is -2.38. The molecule has 22 heavy (non-hydrogen) atoms. The molecule has 1 aromatic heterocycles. The average molecular weight is 302 g/mol. The van der Waals surface area contributed by atoms with Crippen LogP contribution < -0.4 is 0 Å². The number of aliphatic hydroxyl groups is 3. The van der Waals surface area contributed by atoms with Gasteiger partial charge in [-0.2, -0.15) is 0 Å². The number of aromatic amines is 1. The molecule has 3 heterocycles. The van der Waals surface area contributed by atoms with Crippen molar-refractivity contribution in [1.29, 1.82) is 0 Å². The van der Waals surface area contributed by atoms with Crippen molar-refractivity contribution < 1.29 is 20.1 Å². The van der Waals surface area contributed by atoms with Crippen LogP contribution in [0.1, 0.15) is 23.7 Å². The first-order valence-electron chi connectivity index (χ1n) is 7.46. The van der Waals surface area contributed by atoms with Crippen molar-refractivity contribution in [2.45, 2.75) is 30.6 Å². The number of benzene rings is 1. The fraction of sp³-hybridized carbons (Fsp3) is 0.438. The Bertz CT molecular complexity index is 756. The Kier molecular flexibility index (Phi) is 2.84. The summed E-state index contributed by atoms with van der Waals surface area (Å²) >= 11 is 0. The maximum Gasteiger partial charge on any atom is 0.226 e. The van der Waals surface area contributed by atoms with Gasteiger partial charge in [0.15, 0.2) is 0 Å². The maximum absolute atomic E-state index is 12.2. The molecule has 0 bridgehead atoms. The number of para-hydroxylation sites is 1. The highest BCUT2D eigenvalue weighted by atomic mass is 16.4. The molecule has 0 radical (unpaired) electrons. The van der Waals surface area contributed by atoms with E-state index in [-0.39, 0.29) is 12.3 Å². The van der Waals surface area contributed by atoms with Crippen LogP contribution in [0.15, 0.2) is 24.3 Å². The lowest BCUT2D eigenvalue weighted by molar-refractivity contribution is -0.129. The van der Waals surface area contributed by atoms with Gasteiger partial charge in [0.25, 0.3) is 0 Å². The van der Waals surface area contributed by atoms with Crippen LogP contribution in [0.5, 0.6) is 0 Å². The molecular formula is C16H18N2O4. The van der Waals surface area contributed by atoms with Crippen LogP contribution in [-0.4, -0.2) is 56.0 Å². The molecule has 0 spiro atoms. The number of carbonyl (C=O) groups excluding carboxylic acids is 1. The van der Waals surface area contributed by atoms with E-state index in [1.165, 1.54) is 0 Å². The quantitative estimate of drug-likeness (QED) is 0.632. The first-order chi connectivity index (χ1) is 10.6. The van der Waals surface area contributed by atoms with Gasteiger partial charge in [-0.15, -0.1) is 0 Å². The molecule has 1 fully saturated rings. The van der Waals surface area contributed by atoms with Gasteiger partial charge in [0.2, 0.25) is 5.91 Å². The van der Waals surface area contributed by atoms with Crippen molar-refractivity contribution in [3.05, 3.63) is 35.5 Å². The molecule has 3 atom stereocenters. The molecule has 1 saturated heterocycles. The fourth-order valence-electron chi connectivity index (χ4n) is 3.93. The molecule has 0 saturated carbocycles. The van der Waals surface area contributed by atoms with E-state index in [1.807, 2.05) is 24.3 Å². The lowest BCUT2D eigenvalue weighted by Crippen LogP contribution is -2.50. The number of hydrogen-bond donors (Lipinski definition) is 4. The van der Waals surface area contributed by atoms with E-state index in [1.54, 1.807) is 4.90 Å². The fourth-order valence-corrected chi connectivity index (χ4v) is 3.93. The monoisotopic (exact) mass is 302 g/mol. The highest BCUT2D eigenvalue weighted by Crippen LogP contribution is 2.47. The molecule has 6 heteroatoms. The molecule has 6 nitrogen and oxygen atoms in total. The summed E-state index contributed by atoms with van der Waals surface area (Å²) in [5.41, 5.74) is 1.14. The summed E-state index contributed by atoms with van der Waals surface area (Å²) in [5.74, 6) is -0.190. The van der Waals surface area contributed by atoms with Crippen LogP contribution >= 0.6 is 0 Å². The summed E-state index contributed by atoms with van der Waals surface area (Å²) < 4.78 is 0. The Morgan fingerprint density at radius 1 is 1.41 bits per heavy atom. The number of nitrogens with one attached hydrogen (secondary N) is 1. The molecule has 1 amide bonds. The van der Waals surface area contributed by atoms with Crippen LogP contribution in [-0.2, 0) is 11.2 Å². The van der Waals surface area contributed by atoms with Gasteiger partial charge < -0.3 is 25.2 Å². The minimum absolute atomic E-state index is 0.172. The van der Waals surface area contributed by atoms with Crippen molar-refractivity contribution in [3.63, 3.8) is 0 Å². The number of amides is 1. The molecule has 0 unspecified atom stereocenters. The molecule has 4 N–H and O–H groups in total. The Balaban J connectivity index is 1.92. The van der Waals surface area contributed by atoms with Gasteiger partial charge in [-0.3, -0.25) is 4.79 Å². The molecule has 4 rings (SSSR count). The van der Waals surface area contributed by atoms with Crippen molar-refractivity contribution in [3.8, 4) is 0 Å². The zero-order chi connectivity index (χ0) is 15.5. The van der Waals surface area contributed by atoms with Crippen LogP contribution in [0.25, 0.3) is 10.9 Å². The summed E-state index contributed by atoms with van der Waals surface area (Å²) in [6.45, 7) is -0.0670. The highest BCUT2D eigenvalue weighted by molar-refractivity contribution is 5.88. The Morgan fingerprint density at radius 3 is 2.95 bits per heavy atom. The summed E-state index contributed by atoms with van der Waals surface area (Å²) in [6.07, 6.45) is -0.815. The number of hydrogen-bond acceptors (Lipinski definition) is 4. The summed E-state index contributed by atoms with van der Waals surface area (Å²) in [4.78, 5) is 17.1. The second kappa shape index (κ2) is 4.55. The van der Waals surface area contributed by atoms with Crippen LogP contribution in [0.3, 0.4) is 0 Å². The lowest BCUT2D eigenvalue weighted by atomic mass is 9.83. The standard InChI is InChI=1S/C16H18N2O4/c19-8-12(20)16(22)7-13(21)18-6-5-10-9-3-1-2-4-11(9)17-14(10)15(16)18/h1-4,12,15,17,19-20,22H,5-8H2/t12-,15-,16+/m1/s1. The topological polar surface area (TPSA) is 96.8 Å². The van der Waals surface area contributed by atoms with Crippen LogP contribution in [0.4, 0.5) is 0 Å². The van der Waals surface area contributed by atoms with E-state index >= 15 is 0 Å².